The molecule has 2 heterocycles. The maximum Gasteiger partial charge on any atom is 0.204 e. The summed E-state index contributed by atoms with van der Waals surface area (Å²) in [6.45, 7) is 3.34. The number of hydrogen-bond donors (Lipinski definition) is 1. The van der Waals surface area contributed by atoms with Gasteiger partial charge in [0.15, 0.2) is 0 Å². The number of imidazole rings is 1. The van der Waals surface area contributed by atoms with E-state index in [1.54, 1.807) is 0 Å². The molecule has 1 aromatic rings. The monoisotopic (exact) mass is 309 g/mol. The molecule has 6 heteroatoms. The largest absolute Gasteiger partial charge is 0.378 e. The molecule has 0 aliphatic carbocycles. The highest BCUT2D eigenvalue weighted by Crippen LogP contribution is 2.23. The number of halogens is 2. The molecule has 1 N–H and O–H groups in total. The minimum absolute atomic E-state index is 0.774. The summed E-state index contributed by atoms with van der Waals surface area (Å²) in [6.07, 6.45) is 0. The number of anilines is 1. The summed E-state index contributed by atoms with van der Waals surface area (Å²) in [5.74, 6) is 0.891. The normalized spacial score (nSPS) is 17.8. The third-order valence-corrected chi connectivity index (χ3v) is 3.60. The zero-order valence-corrected chi connectivity index (χ0v) is 10.1. The van der Waals surface area contributed by atoms with E-state index < -0.39 is 0 Å². The number of H-pyrrole nitrogens is 1. The fourth-order valence-corrected chi connectivity index (χ4v) is 1.78. The minimum Gasteiger partial charge on any atom is -0.378 e. The van der Waals surface area contributed by atoms with Crippen LogP contribution in [0.3, 0.4) is 0 Å². The van der Waals surface area contributed by atoms with Crippen LogP contribution in [-0.2, 0) is 4.74 Å². The summed E-state index contributed by atoms with van der Waals surface area (Å²) in [6, 6.07) is 0. The zero-order valence-electron chi connectivity index (χ0n) is 6.89. The first-order valence-electron chi connectivity index (χ1n) is 4.01. The Bertz CT molecular complexity index is 276. The molecular formula is C7H9Br2N3O. The fourth-order valence-electron chi connectivity index (χ4n) is 1.24. The standard InChI is InChI=1S/C7H9Br2N3O/c8-5-6(9)11-7(10-5)12-1-3-13-4-2-12/h1-4H2,(H,10,11). The Hall–Kier alpha value is -0.0700. The van der Waals surface area contributed by atoms with Crippen molar-refractivity contribution in [3.8, 4) is 0 Å². The van der Waals surface area contributed by atoms with Gasteiger partial charge in [0.1, 0.15) is 9.21 Å². The number of hydrogen-bond acceptors (Lipinski definition) is 3. The second-order valence-electron chi connectivity index (χ2n) is 2.76. The Labute approximate surface area is 92.9 Å². The first-order chi connectivity index (χ1) is 6.27. The lowest BCUT2D eigenvalue weighted by Crippen LogP contribution is -2.36. The Balaban J connectivity index is 2.14. The molecule has 0 bridgehead atoms. The van der Waals surface area contributed by atoms with Crippen molar-refractivity contribution < 1.29 is 4.74 Å². The van der Waals surface area contributed by atoms with Crippen LogP contribution in [0.25, 0.3) is 0 Å². The number of aromatic amines is 1. The van der Waals surface area contributed by atoms with Crippen molar-refractivity contribution in [2.75, 3.05) is 31.2 Å². The van der Waals surface area contributed by atoms with Gasteiger partial charge in [-0.1, -0.05) is 0 Å². The highest BCUT2D eigenvalue weighted by atomic mass is 79.9. The van der Waals surface area contributed by atoms with E-state index in [1.807, 2.05) is 0 Å². The zero-order chi connectivity index (χ0) is 9.26. The summed E-state index contributed by atoms with van der Waals surface area (Å²) >= 11 is 6.70. The lowest BCUT2D eigenvalue weighted by atomic mass is 10.4. The molecule has 0 atom stereocenters. The first kappa shape index (κ1) is 9.48. The van der Waals surface area contributed by atoms with Crippen LogP contribution in [0.4, 0.5) is 5.95 Å². The average molecular weight is 311 g/mol. The number of aromatic nitrogens is 2. The van der Waals surface area contributed by atoms with Crippen LogP contribution < -0.4 is 4.90 Å². The molecule has 1 saturated heterocycles. The van der Waals surface area contributed by atoms with Gasteiger partial charge in [-0.3, -0.25) is 0 Å². The predicted molar refractivity (Wildman–Crippen MR) is 57.0 cm³/mol. The Kier molecular flexibility index (Phi) is 2.90. The molecule has 0 aromatic carbocycles. The van der Waals surface area contributed by atoms with E-state index in [1.165, 1.54) is 0 Å². The van der Waals surface area contributed by atoms with Gasteiger partial charge >= 0.3 is 0 Å². The molecular weight excluding hydrogens is 302 g/mol. The number of rotatable bonds is 1. The van der Waals surface area contributed by atoms with E-state index >= 15 is 0 Å². The van der Waals surface area contributed by atoms with Crippen LogP contribution in [0.2, 0.25) is 0 Å². The third-order valence-electron chi connectivity index (χ3n) is 1.92. The van der Waals surface area contributed by atoms with E-state index in [2.05, 4.69) is 46.7 Å². The Morgan fingerprint density at radius 1 is 1.31 bits per heavy atom. The average Bonchev–Trinajstić information content (AvgIpc) is 2.49. The van der Waals surface area contributed by atoms with Gasteiger partial charge in [0.05, 0.1) is 13.2 Å². The minimum atomic E-state index is 0.774. The van der Waals surface area contributed by atoms with E-state index in [0.717, 1.165) is 41.5 Å². The van der Waals surface area contributed by atoms with Crippen LogP contribution in [0.5, 0.6) is 0 Å². The second kappa shape index (κ2) is 3.98. The maximum atomic E-state index is 5.25. The van der Waals surface area contributed by atoms with Gasteiger partial charge in [-0.15, -0.1) is 0 Å². The third kappa shape index (κ3) is 2.05. The second-order valence-corrected chi connectivity index (χ2v) is 4.31. The van der Waals surface area contributed by atoms with Crippen molar-refractivity contribution in [1.82, 2.24) is 9.97 Å². The van der Waals surface area contributed by atoms with Gasteiger partial charge < -0.3 is 14.6 Å². The number of morpholine rings is 1. The molecule has 1 aromatic heterocycles. The van der Waals surface area contributed by atoms with Crippen molar-refractivity contribution in [2.24, 2.45) is 0 Å². The molecule has 1 fully saturated rings. The predicted octanol–water partition coefficient (Wildman–Crippen LogP) is 1.77. The van der Waals surface area contributed by atoms with Crippen LogP contribution in [0, 0.1) is 0 Å². The Morgan fingerprint density at radius 3 is 2.54 bits per heavy atom. The fraction of sp³-hybridized carbons (Fsp3) is 0.571. The van der Waals surface area contributed by atoms with Crippen molar-refractivity contribution >= 4 is 37.8 Å². The molecule has 1 aliphatic rings. The summed E-state index contributed by atoms with van der Waals surface area (Å²) < 4.78 is 6.95. The van der Waals surface area contributed by atoms with Gasteiger partial charge in [-0.25, -0.2) is 4.98 Å². The molecule has 72 valence electrons. The highest BCUT2D eigenvalue weighted by Gasteiger charge is 2.15. The van der Waals surface area contributed by atoms with Crippen LogP contribution in [-0.4, -0.2) is 36.3 Å². The van der Waals surface area contributed by atoms with Gasteiger partial charge in [0.25, 0.3) is 0 Å². The quantitative estimate of drug-likeness (QED) is 0.859. The SMILES string of the molecule is Brc1nc(N2CCOCC2)[nH]c1Br. The van der Waals surface area contributed by atoms with E-state index in [4.69, 9.17) is 4.74 Å². The molecule has 1 aliphatic heterocycles. The molecule has 0 saturated carbocycles. The Morgan fingerprint density at radius 2 is 2.00 bits per heavy atom. The van der Waals surface area contributed by atoms with Gasteiger partial charge in [-0.05, 0) is 31.9 Å². The summed E-state index contributed by atoms with van der Waals surface area (Å²) in [7, 11) is 0. The van der Waals surface area contributed by atoms with Gasteiger partial charge in [0, 0.05) is 13.1 Å². The molecule has 0 radical (unpaired) electrons. The lowest BCUT2D eigenvalue weighted by molar-refractivity contribution is 0.122. The van der Waals surface area contributed by atoms with Gasteiger partial charge in [0.2, 0.25) is 5.95 Å². The smallest absolute Gasteiger partial charge is 0.204 e. The van der Waals surface area contributed by atoms with Crippen molar-refractivity contribution in [2.45, 2.75) is 0 Å². The topological polar surface area (TPSA) is 41.2 Å². The number of ether oxygens (including phenoxy) is 1. The number of nitrogens with zero attached hydrogens (tertiary/aromatic N) is 2. The van der Waals surface area contributed by atoms with Crippen molar-refractivity contribution in [3.05, 3.63) is 9.21 Å². The summed E-state index contributed by atoms with van der Waals surface area (Å²) in [5, 5.41) is 0. The van der Waals surface area contributed by atoms with Crippen molar-refractivity contribution in [3.63, 3.8) is 0 Å². The van der Waals surface area contributed by atoms with E-state index in [0.29, 0.717) is 0 Å². The summed E-state index contributed by atoms with van der Waals surface area (Å²) in [4.78, 5) is 9.63. The molecule has 0 spiro atoms. The van der Waals surface area contributed by atoms with Crippen LogP contribution in [0.15, 0.2) is 9.21 Å². The lowest BCUT2D eigenvalue weighted by Gasteiger charge is -2.25. The molecule has 0 unspecified atom stereocenters. The molecule has 13 heavy (non-hydrogen) atoms. The maximum absolute atomic E-state index is 5.25. The first-order valence-corrected chi connectivity index (χ1v) is 5.59. The molecule has 2 rings (SSSR count). The van der Waals surface area contributed by atoms with Crippen molar-refractivity contribution in [1.29, 1.82) is 0 Å². The number of nitrogens with one attached hydrogen (secondary N) is 1. The van der Waals surface area contributed by atoms with Crippen LogP contribution >= 0.6 is 31.9 Å². The van der Waals surface area contributed by atoms with E-state index in [-0.39, 0.29) is 0 Å². The van der Waals surface area contributed by atoms with Crippen LogP contribution in [0.1, 0.15) is 0 Å². The summed E-state index contributed by atoms with van der Waals surface area (Å²) in [5.41, 5.74) is 0. The molecule has 4 nitrogen and oxygen atoms in total. The van der Waals surface area contributed by atoms with E-state index in [9.17, 15) is 0 Å². The van der Waals surface area contributed by atoms with Gasteiger partial charge in [-0.2, -0.15) is 0 Å². The highest BCUT2D eigenvalue weighted by molar-refractivity contribution is 9.13. The molecule has 0 amide bonds.